The molecule has 0 aromatic rings. The van der Waals surface area contributed by atoms with Gasteiger partial charge in [0.2, 0.25) is 0 Å². The van der Waals surface area contributed by atoms with Crippen molar-refractivity contribution < 1.29 is 22.4 Å². The maximum absolute atomic E-state index is 3.50. The van der Waals surface area contributed by atoms with Crippen LogP contribution in [0, 0.1) is 0 Å². The zero-order valence-corrected chi connectivity index (χ0v) is 7.54. The molecule has 0 aliphatic rings. The SMILES string of the molecule is C[N-]C.C[N-]C.[Nb+2]. The van der Waals surface area contributed by atoms with Crippen LogP contribution in [0.1, 0.15) is 0 Å². The van der Waals surface area contributed by atoms with Gasteiger partial charge in [-0.15, -0.1) is 0 Å². The van der Waals surface area contributed by atoms with E-state index in [0.717, 1.165) is 0 Å². The number of nitrogens with zero attached hydrogens (tertiary/aromatic N) is 2. The quantitative estimate of drug-likeness (QED) is 0.503. The van der Waals surface area contributed by atoms with Gasteiger partial charge in [-0.05, 0) is 0 Å². The van der Waals surface area contributed by atoms with Gasteiger partial charge in [0.15, 0.2) is 0 Å². The molecule has 0 spiro atoms. The second-order valence-corrected chi connectivity index (χ2v) is 0.894. The maximum Gasteiger partial charge on any atom is 2.00 e. The van der Waals surface area contributed by atoms with Crippen molar-refractivity contribution in [1.82, 2.24) is 0 Å². The summed E-state index contributed by atoms with van der Waals surface area (Å²) in [5.74, 6) is 0. The van der Waals surface area contributed by atoms with E-state index in [4.69, 9.17) is 0 Å². The molecular formula is C4H12N2Nb. The molecule has 0 unspecified atom stereocenters. The number of rotatable bonds is 0. The van der Waals surface area contributed by atoms with Crippen LogP contribution >= 0.6 is 0 Å². The van der Waals surface area contributed by atoms with Crippen LogP contribution in [0.15, 0.2) is 0 Å². The Morgan fingerprint density at radius 1 is 0.714 bits per heavy atom. The van der Waals surface area contributed by atoms with Gasteiger partial charge in [-0.3, -0.25) is 0 Å². The Hall–Kier alpha value is 0.660. The van der Waals surface area contributed by atoms with Crippen molar-refractivity contribution in [3.8, 4) is 0 Å². The number of hydrogen-bond acceptors (Lipinski definition) is 0. The van der Waals surface area contributed by atoms with E-state index in [9.17, 15) is 0 Å². The van der Waals surface area contributed by atoms with Gasteiger partial charge in [0.25, 0.3) is 0 Å². The minimum absolute atomic E-state index is 0. The zero-order chi connectivity index (χ0) is 5.41. The van der Waals surface area contributed by atoms with Crippen molar-refractivity contribution in [1.29, 1.82) is 0 Å². The van der Waals surface area contributed by atoms with Gasteiger partial charge < -0.3 is 10.6 Å². The van der Waals surface area contributed by atoms with Crippen LogP contribution in [0.3, 0.4) is 0 Å². The Balaban J connectivity index is -0.0000000400. The molecule has 43 valence electrons. The third-order valence-electron chi connectivity index (χ3n) is 0. The van der Waals surface area contributed by atoms with Crippen molar-refractivity contribution in [2.75, 3.05) is 28.2 Å². The summed E-state index contributed by atoms with van der Waals surface area (Å²) in [6, 6.07) is 0. The van der Waals surface area contributed by atoms with Crippen LogP contribution in [-0.2, 0) is 22.4 Å². The van der Waals surface area contributed by atoms with Gasteiger partial charge in [0.05, 0.1) is 0 Å². The fourth-order valence-electron chi connectivity index (χ4n) is 0. The summed E-state index contributed by atoms with van der Waals surface area (Å²) in [4.78, 5) is 0. The second kappa shape index (κ2) is 30.2. The first-order valence-corrected chi connectivity index (χ1v) is 1.79. The van der Waals surface area contributed by atoms with Crippen molar-refractivity contribution in [3.63, 3.8) is 0 Å². The minimum atomic E-state index is 0. The van der Waals surface area contributed by atoms with Crippen LogP contribution in [0.5, 0.6) is 0 Å². The predicted octanol–water partition coefficient (Wildman–Crippen LogP) is 1.24. The summed E-state index contributed by atoms with van der Waals surface area (Å²) >= 11 is 0. The van der Waals surface area contributed by atoms with E-state index in [1.165, 1.54) is 0 Å². The van der Waals surface area contributed by atoms with Gasteiger partial charge in [0, 0.05) is 0 Å². The van der Waals surface area contributed by atoms with Gasteiger partial charge in [0.1, 0.15) is 0 Å². The molecule has 0 saturated carbocycles. The van der Waals surface area contributed by atoms with Gasteiger partial charge in [-0.25, -0.2) is 0 Å². The fraction of sp³-hybridized carbons (Fsp3) is 1.00. The summed E-state index contributed by atoms with van der Waals surface area (Å²) in [6.07, 6.45) is 0. The molecule has 0 amide bonds. The molecule has 0 atom stereocenters. The third kappa shape index (κ3) is 332. The average molecular weight is 181 g/mol. The first kappa shape index (κ1) is 15.6. The summed E-state index contributed by atoms with van der Waals surface area (Å²) in [5.41, 5.74) is 0. The van der Waals surface area contributed by atoms with Crippen LogP contribution in [0.25, 0.3) is 10.6 Å². The van der Waals surface area contributed by atoms with E-state index in [1.807, 2.05) is 0 Å². The van der Waals surface area contributed by atoms with Crippen molar-refractivity contribution in [3.05, 3.63) is 10.6 Å². The molecule has 0 aromatic heterocycles. The van der Waals surface area contributed by atoms with Crippen LogP contribution < -0.4 is 0 Å². The van der Waals surface area contributed by atoms with Crippen LogP contribution in [0.4, 0.5) is 0 Å². The smallest absolute Gasteiger partial charge is 0.668 e. The predicted molar refractivity (Wildman–Crippen MR) is 30.4 cm³/mol. The van der Waals surface area contributed by atoms with Crippen molar-refractivity contribution in [2.24, 2.45) is 0 Å². The van der Waals surface area contributed by atoms with Gasteiger partial charge in [-0.1, -0.05) is 0 Å². The van der Waals surface area contributed by atoms with Gasteiger partial charge in [-0.2, -0.15) is 28.2 Å². The Morgan fingerprint density at radius 3 is 0.714 bits per heavy atom. The number of hydrogen-bond donors (Lipinski definition) is 0. The van der Waals surface area contributed by atoms with E-state index < -0.39 is 0 Å². The molecule has 0 saturated heterocycles. The summed E-state index contributed by atoms with van der Waals surface area (Å²) in [7, 11) is 7.00. The Bertz CT molecular complexity index is 11.7. The molecule has 0 fully saturated rings. The summed E-state index contributed by atoms with van der Waals surface area (Å²) < 4.78 is 0. The Labute approximate surface area is 61.6 Å². The van der Waals surface area contributed by atoms with Crippen LogP contribution in [-0.4, -0.2) is 28.2 Å². The zero-order valence-electron chi connectivity index (χ0n) is 5.34. The van der Waals surface area contributed by atoms with Crippen LogP contribution in [0.2, 0.25) is 0 Å². The molecule has 1 radical (unpaired) electrons. The average Bonchev–Trinajstić information content (AvgIpc) is 1.39. The summed E-state index contributed by atoms with van der Waals surface area (Å²) in [5, 5.41) is 7.00. The standard InChI is InChI=1S/2C2H6N.Nb/c2*1-3-2;/h2*1-2H3;/q2*-1;+2. The molecule has 7 heavy (non-hydrogen) atoms. The normalized spacial score (nSPS) is 5.14. The Morgan fingerprint density at radius 2 is 0.714 bits per heavy atom. The molecule has 2 nitrogen and oxygen atoms in total. The molecule has 0 rings (SSSR count). The molecule has 0 aromatic carbocycles. The first-order chi connectivity index (χ1) is 2.83. The van der Waals surface area contributed by atoms with E-state index in [2.05, 4.69) is 10.6 Å². The molecule has 0 N–H and O–H groups in total. The Kier molecular flexibility index (Phi) is 67.4. The third-order valence-corrected chi connectivity index (χ3v) is 0. The van der Waals surface area contributed by atoms with Gasteiger partial charge >= 0.3 is 22.4 Å². The maximum atomic E-state index is 3.50. The van der Waals surface area contributed by atoms with E-state index in [-0.39, 0.29) is 22.4 Å². The second-order valence-electron chi connectivity index (χ2n) is 0.894. The molecular weight excluding hydrogens is 169 g/mol. The largest absolute Gasteiger partial charge is 2.00 e. The van der Waals surface area contributed by atoms with Crippen molar-refractivity contribution in [2.45, 2.75) is 0 Å². The van der Waals surface area contributed by atoms with E-state index in [0.29, 0.717) is 0 Å². The topological polar surface area (TPSA) is 28.2 Å². The molecule has 3 heteroatoms. The fourth-order valence-corrected chi connectivity index (χ4v) is 0. The monoisotopic (exact) mass is 181 g/mol. The van der Waals surface area contributed by atoms with E-state index in [1.54, 1.807) is 28.2 Å². The molecule has 0 aliphatic carbocycles. The summed E-state index contributed by atoms with van der Waals surface area (Å²) in [6.45, 7) is 0. The molecule has 0 bridgehead atoms. The van der Waals surface area contributed by atoms with E-state index >= 15 is 0 Å². The minimum Gasteiger partial charge on any atom is -0.668 e. The van der Waals surface area contributed by atoms with Crippen molar-refractivity contribution >= 4 is 0 Å². The molecule has 0 aliphatic heterocycles. The molecule has 0 heterocycles. The first-order valence-electron chi connectivity index (χ1n) is 1.79.